The van der Waals surface area contributed by atoms with Crippen LogP contribution >= 0.6 is 0 Å². The fraction of sp³-hybridized carbons (Fsp3) is 0.105. The second-order valence-electron chi connectivity index (χ2n) is 5.39. The Hall–Kier alpha value is -3.28. The minimum atomic E-state index is -0.547. The number of rotatable bonds is 6. The first-order chi connectivity index (χ1) is 12.2. The van der Waals surface area contributed by atoms with E-state index in [4.69, 9.17) is 0 Å². The van der Waals surface area contributed by atoms with E-state index in [0.29, 0.717) is 12.2 Å². The molecule has 0 aliphatic carbocycles. The Morgan fingerprint density at radius 1 is 1.04 bits per heavy atom. The smallest absolute Gasteiger partial charge is 0.257 e. The molecule has 0 radical (unpaired) electrons. The summed E-state index contributed by atoms with van der Waals surface area (Å²) in [5.74, 6) is -0.958. The van der Waals surface area contributed by atoms with Crippen molar-refractivity contribution in [1.82, 2.24) is 9.97 Å². The van der Waals surface area contributed by atoms with Crippen molar-refractivity contribution in [2.24, 2.45) is 0 Å². The second kappa shape index (κ2) is 8.01. The van der Waals surface area contributed by atoms with E-state index in [9.17, 15) is 9.18 Å². The second-order valence-corrected chi connectivity index (χ2v) is 5.39. The normalized spacial score (nSPS) is 10.3. The summed E-state index contributed by atoms with van der Waals surface area (Å²) in [5.41, 5.74) is 2.57. The molecule has 0 unspecified atom stereocenters. The molecule has 0 saturated heterocycles. The Morgan fingerprint density at radius 2 is 1.84 bits per heavy atom. The number of carbonyl (C=O) groups is 1. The molecule has 0 saturated carbocycles. The maximum atomic E-state index is 13.2. The molecule has 3 aromatic rings. The van der Waals surface area contributed by atoms with Gasteiger partial charge >= 0.3 is 0 Å². The quantitative estimate of drug-likeness (QED) is 0.723. The maximum absolute atomic E-state index is 13.2. The van der Waals surface area contributed by atoms with Crippen LogP contribution in [-0.2, 0) is 6.42 Å². The minimum Gasteiger partial charge on any atom is -0.383 e. The van der Waals surface area contributed by atoms with Crippen LogP contribution in [0.25, 0.3) is 0 Å². The van der Waals surface area contributed by atoms with Crippen molar-refractivity contribution in [2.45, 2.75) is 6.42 Å². The number of anilines is 2. The zero-order valence-corrected chi connectivity index (χ0v) is 13.4. The summed E-state index contributed by atoms with van der Waals surface area (Å²) in [5, 5.41) is 6.06. The van der Waals surface area contributed by atoms with Gasteiger partial charge in [-0.05, 0) is 30.3 Å². The number of hydrogen-bond acceptors (Lipinski definition) is 4. The number of hydrogen-bond donors (Lipinski definition) is 2. The van der Waals surface area contributed by atoms with Crippen LogP contribution in [0.15, 0.2) is 67.1 Å². The van der Waals surface area contributed by atoms with Crippen molar-refractivity contribution in [3.05, 3.63) is 84.2 Å². The van der Waals surface area contributed by atoms with E-state index < -0.39 is 11.7 Å². The minimum absolute atomic E-state index is 0.170. The van der Waals surface area contributed by atoms with Gasteiger partial charge in [0, 0.05) is 31.1 Å². The van der Waals surface area contributed by atoms with Gasteiger partial charge in [-0.2, -0.15) is 0 Å². The van der Waals surface area contributed by atoms with Gasteiger partial charge in [0.25, 0.3) is 5.91 Å². The lowest BCUT2D eigenvalue weighted by Gasteiger charge is -2.13. The number of aromatic nitrogens is 2. The first kappa shape index (κ1) is 16.6. The highest BCUT2D eigenvalue weighted by molar-refractivity contribution is 6.05. The summed E-state index contributed by atoms with van der Waals surface area (Å²) < 4.78 is 13.2. The van der Waals surface area contributed by atoms with Crippen molar-refractivity contribution in [3.63, 3.8) is 0 Å². The molecule has 6 heteroatoms. The van der Waals surface area contributed by atoms with Crippen LogP contribution in [0.1, 0.15) is 16.1 Å². The van der Waals surface area contributed by atoms with E-state index in [1.54, 1.807) is 12.3 Å². The van der Waals surface area contributed by atoms with Crippen molar-refractivity contribution >= 4 is 17.3 Å². The predicted molar refractivity (Wildman–Crippen MR) is 95.0 cm³/mol. The van der Waals surface area contributed by atoms with E-state index in [2.05, 4.69) is 20.6 Å². The van der Waals surface area contributed by atoms with Gasteiger partial charge in [-0.15, -0.1) is 0 Å². The number of pyridine rings is 2. The molecule has 25 heavy (non-hydrogen) atoms. The summed E-state index contributed by atoms with van der Waals surface area (Å²) in [6.45, 7) is 0.672. The molecule has 0 bridgehead atoms. The molecule has 0 spiro atoms. The molecule has 126 valence electrons. The molecule has 1 amide bonds. The summed E-state index contributed by atoms with van der Waals surface area (Å²) >= 11 is 0. The molecule has 0 atom stereocenters. The number of nitrogens with one attached hydrogen (secondary N) is 2. The van der Waals surface area contributed by atoms with Crippen LogP contribution in [0.5, 0.6) is 0 Å². The van der Waals surface area contributed by atoms with Gasteiger partial charge in [0.15, 0.2) is 0 Å². The number of halogens is 1. The summed E-state index contributed by atoms with van der Waals surface area (Å²) in [7, 11) is 0. The molecular formula is C19H17FN4O. The standard InChI is InChI=1S/C19H17FN4O/c20-15-11-14(12-21-13-15)19(25)24-18-7-2-1-6-17(18)23-10-8-16-5-3-4-9-22-16/h1-7,9,11-13,23H,8,10H2,(H,24,25). The third kappa shape index (κ3) is 4.60. The van der Waals surface area contributed by atoms with Crippen molar-refractivity contribution < 1.29 is 9.18 Å². The fourth-order valence-electron chi connectivity index (χ4n) is 2.35. The molecule has 0 fully saturated rings. The van der Waals surface area contributed by atoms with Gasteiger partial charge in [-0.25, -0.2) is 4.39 Å². The van der Waals surface area contributed by atoms with E-state index in [1.807, 2.05) is 36.4 Å². The highest BCUT2D eigenvalue weighted by Crippen LogP contribution is 2.21. The molecule has 0 aliphatic rings. The zero-order valence-electron chi connectivity index (χ0n) is 13.4. The molecule has 0 aliphatic heterocycles. The Bertz CT molecular complexity index is 855. The summed E-state index contributed by atoms with van der Waals surface area (Å²) in [6.07, 6.45) is 4.91. The van der Waals surface area contributed by atoms with Gasteiger partial charge in [0.2, 0.25) is 0 Å². The predicted octanol–water partition coefficient (Wildman–Crippen LogP) is 3.52. The summed E-state index contributed by atoms with van der Waals surface area (Å²) in [4.78, 5) is 20.2. The van der Waals surface area contributed by atoms with Gasteiger partial charge in [0.1, 0.15) is 5.82 Å². The monoisotopic (exact) mass is 336 g/mol. The Morgan fingerprint density at radius 3 is 2.60 bits per heavy atom. The topological polar surface area (TPSA) is 66.9 Å². The van der Waals surface area contributed by atoms with Crippen LogP contribution < -0.4 is 10.6 Å². The molecule has 5 nitrogen and oxygen atoms in total. The van der Waals surface area contributed by atoms with Crippen LogP contribution in [0.3, 0.4) is 0 Å². The van der Waals surface area contributed by atoms with Crippen LogP contribution in [0, 0.1) is 5.82 Å². The largest absolute Gasteiger partial charge is 0.383 e. The lowest BCUT2D eigenvalue weighted by molar-refractivity contribution is 0.102. The van der Waals surface area contributed by atoms with Gasteiger partial charge in [0.05, 0.1) is 23.1 Å². The average molecular weight is 336 g/mol. The summed E-state index contributed by atoms with van der Waals surface area (Å²) in [6, 6.07) is 14.3. The lowest BCUT2D eigenvalue weighted by atomic mass is 10.2. The zero-order chi connectivity index (χ0) is 17.5. The number of para-hydroxylation sites is 2. The maximum Gasteiger partial charge on any atom is 0.257 e. The number of benzene rings is 1. The van der Waals surface area contributed by atoms with E-state index in [0.717, 1.165) is 30.1 Å². The molecular weight excluding hydrogens is 319 g/mol. The molecule has 1 aromatic carbocycles. The average Bonchev–Trinajstić information content (AvgIpc) is 2.64. The number of nitrogens with zero attached hydrogens (tertiary/aromatic N) is 2. The third-order valence-corrected chi connectivity index (χ3v) is 3.57. The highest BCUT2D eigenvalue weighted by Gasteiger charge is 2.10. The highest BCUT2D eigenvalue weighted by atomic mass is 19.1. The SMILES string of the molecule is O=C(Nc1ccccc1NCCc1ccccn1)c1cncc(F)c1. The number of carbonyl (C=O) groups excluding carboxylic acids is 1. The van der Waals surface area contributed by atoms with Crippen molar-refractivity contribution in [2.75, 3.05) is 17.2 Å². The molecule has 3 rings (SSSR count). The Balaban J connectivity index is 1.65. The first-order valence-electron chi connectivity index (χ1n) is 7.87. The fourth-order valence-corrected chi connectivity index (χ4v) is 2.35. The van der Waals surface area contributed by atoms with Gasteiger partial charge < -0.3 is 10.6 Å². The molecule has 2 heterocycles. The van der Waals surface area contributed by atoms with Crippen molar-refractivity contribution in [1.29, 1.82) is 0 Å². The van der Waals surface area contributed by atoms with Gasteiger partial charge in [-0.1, -0.05) is 18.2 Å². The Kier molecular flexibility index (Phi) is 5.31. The van der Waals surface area contributed by atoms with Gasteiger partial charge in [-0.3, -0.25) is 14.8 Å². The van der Waals surface area contributed by atoms with E-state index in [1.165, 1.54) is 6.20 Å². The van der Waals surface area contributed by atoms with Crippen LogP contribution in [0.2, 0.25) is 0 Å². The molecule has 2 N–H and O–H groups in total. The van der Waals surface area contributed by atoms with Crippen LogP contribution in [0.4, 0.5) is 15.8 Å². The molecule has 2 aromatic heterocycles. The first-order valence-corrected chi connectivity index (χ1v) is 7.87. The number of amides is 1. The third-order valence-electron chi connectivity index (χ3n) is 3.57. The Labute approximate surface area is 145 Å². The lowest BCUT2D eigenvalue weighted by Crippen LogP contribution is -2.15. The van der Waals surface area contributed by atoms with E-state index in [-0.39, 0.29) is 5.56 Å². The van der Waals surface area contributed by atoms with Crippen LogP contribution in [-0.4, -0.2) is 22.4 Å². The van der Waals surface area contributed by atoms with Crippen molar-refractivity contribution in [3.8, 4) is 0 Å². The van der Waals surface area contributed by atoms with E-state index >= 15 is 0 Å².